The zero-order valence-corrected chi connectivity index (χ0v) is 25.9. The Morgan fingerprint density at radius 1 is 1.00 bits per heavy atom. The Morgan fingerprint density at radius 2 is 1.77 bits per heavy atom. The van der Waals surface area contributed by atoms with Crippen molar-refractivity contribution >= 4 is 59.9 Å². The molecule has 0 aliphatic carbocycles. The second-order valence-corrected chi connectivity index (χ2v) is 11.0. The van der Waals surface area contributed by atoms with Crippen molar-refractivity contribution in [2.45, 2.75) is 13.5 Å². The highest BCUT2D eigenvalue weighted by Gasteiger charge is 2.19. The van der Waals surface area contributed by atoms with Crippen LogP contribution in [0.1, 0.15) is 23.6 Å². The van der Waals surface area contributed by atoms with Crippen LogP contribution in [0.5, 0.6) is 11.5 Å². The number of aromatic nitrogens is 2. The van der Waals surface area contributed by atoms with E-state index >= 15 is 0 Å². The molecule has 0 amide bonds. The van der Waals surface area contributed by atoms with Crippen LogP contribution in [0.25, 0.3) is 33.5 Å². The molecule has 0 aliphatic rings. The van der Waals surface area contributed by atoms with Crippen LogP contribution in [0.4, 0.5) is 0 Å². The molecular formula is C33H22Br2N4O4. The summed E-state index contributed by atoms with van der Waals surface area (Å²) in [5.74, 6) is 1.62. The molecule has 0 bridgehead atoms. The van der Waals surface area contributed by atoms with Crippen LogP contribution in [0, 0.1) is 11.3 Å². The van der Waals surface area contributed by atoms with Crippen LogP contribution in [0.2, 0.25) is 0 Å². The second-order valence-electron chi connectivity index (χ2n) is 9.37. The number of halogens is 2. The van der Waals surface area contributed by atoms with E-state index in [4.69, 9.17) is 18.9 Å². The minimum Gasteiger partial charge on any atom is -0.490 e. The zero-order chi connectivity index (χ0) is 29.9. The molecule has 6 rings (SSSR count). The summed E-state index contributed by atoms with van der Waals surface area (Å²) >= 11 is 7.27. The van der Waals surface area contributed by atoms with Gasteiger partial charge >= 0.3 is 0 Å². The SMILES string of the molecule is CCOc1cc(C=Nn2c(-c3cc4ccccc4o3)nc3ccccc3c2=O)c(Br)c(Br)c1OCc1ccccc1C#N. The lowest BCUT2D eigenvalue weighted by Gasteiger charge is -2.17. The number of benzene rings is 4. The lowest BCUT2D eigenvalue weighted by Crippen LogP contribution is -2.20. The molecule has 0 unspecified atom stereocenters. The Hall–Kier alpha value is -4.72. The molecule has 2 aromatic heterocycles. The van der Waals surface area contributed by atoms with E-state index in [1.54, 1.807) is 36.5 Å². The van der Waals surface area contributed by atoms with Gasteiger partial charge in [-0.25, -0.2) is 4.98 Å². The third kappa shape index (κ3) is 5.57. The molecular weight excluding hydrogens is 676 g/mol. The number of para-hydroxylation sites is 2. The van der Waals surface area contributed by atoms with Crippen molar-refractivity contribution in [1.82, 2.24) is 9.66 Å². The average Bonchev–Trinajstić information content (AvgIpc) is 3.47. The lowest BCUT2D eigenvalue weighted by molar-refractivity contribution is 0.267. The Kier molecular flexibility index (Phi) is 8.09. The van der Waals surface area contributed by atoms with Gasteiger partial charge in [-0.15, -0.1) is 0 Å². The summed E-state index contributed by atoms with van der Waals surface area (Å²) in [7, 11) is 0. The van der Waals surface area contributed by atoms with E-state index in [9.17, 15) is 10.1 Å². The molecule has 0 N–H and O–H groups in total. The topological polar surface area (TPSA) is 103 Å². The largest absolute Gasteiger partial charge is 0.490 e. The van der Waals surface area contributed by atoms with E-state index in [0.717, 1.165) is 10.9 Å². The van der Waals surface area contributed by atoms with Crippen LogP contribution in [0.15, 0.2) is 108 Å². The monoisotopic (exact) mass is 696 g/mol. The molecule has 212 valence electrons. The van der Waals surface area contributed by atoms with Gasteiger partial charge in [-0.3, -0.25) is 4.79 Å². The third-order valence-corrected chi connectivity index (χ3v) is 8.82. The van der Waals surface area contributed by atoms with Crippen molar-refractivity contribution < 1.29 is 13.9 Å². The van der Waals surface area contributed by atoms with Gasteiger partial charge in [0.1, 0.15) is 12.2 Å². The summed E-state index contributed by atoms with van der Waals surface area (Å²) in [6.07, 6.45) is 1.55. The van der Waals surface area contributed by atoms with Crippen LogP contribution in [-0.2, 0) is 6.61 Å². The minimum absolute atomic E-state index is 0.168. The van der Waals surface area contributed by atoms with Crippen molar-refractivity contribution in [3.8, 4) is 29.2 Å². The number of nitrogens with zero attached hydrogens (tertiary/aromatic N) is 4. The number of hydrogen-bond acceptors (Lipinski definition) is 7. The van der Waals surface area contributed by atoms with Gasteiger partial charge in [0.15, 0.2) is 17.3 Å². The van der Waals surface area contributed by atoms with Crippen LogP contribution in [-0.4, -0.2) is 22.5 Å². The highest BCUT2D eigenvalue weighted by molar-refractivity contribution is 9.13. The molecule has 0 spiro atoms. The maximum Gasteiger partial charge on any atom is 0.282 e. The quantitative estimate of drug-likeness (QED) is 0.149. The van der Waals surface area contributed by atoms with Crippen molar-refractivity contribution in [2.75, 3.05) is 6.61 Å². The number of fused-ring (bicyclic) bond motifs is 2. The van der Waals surface area contributed by atoms with Crippen LogP contribution in [0.3, 0.4) is 0 Å². The molecule has 0 radical (unpaired) electrons. The Morgan fingerprint density at radius 3 is 2.58 bits per heavy atom. The molecule has 0 saturated carbocycles. The van der Waals surface area contributed by atoms with Gasteiger partial charge < -0.3 is 13.9 Å². The van der Waals surface area contributed by atoms with Gasteiger partial charge in [0.25, 0.3) is 5.56 Å². The number of ether oxygens (including phenoxy) is 2. The molecule has 0 atom stereocenters. The van der Waals surface area contributed by atoms with Crippen molar-refractivity contribution in [1.29, 1.82) is 5.26 Å². The first-order valence-electron chi connectivity index (χ1n) is 13.3. The van der Waals surface area contributed by atoms with Crippen molar-refractivity contribution in [2.24, 2.45) is 5.10 Å². The summed E-state index contributed by atoms with van der Waals surface area (Å²) in [4.78, 5) is 18.4. The van der Waals surface area contributed by atoms with E-state index in [2.05, 4.69) is 43.0 Å². The summed E-state index contributed by atoms with van der Waals surface area (Å²) in [6, 6.07) is 27.8. The Labute approximate surface area is 263 Å². The molecule has 0 saturated heterocycles. The van der Waals surface area contributed by atoms with Crippen LogP contribution >= 0.6 is 31.9 Å². The van der Waals surface area contributed by atoms with Gasteiger partial charge in [-0.2, -0.15) is 15.0 Å². The van der Waals surface area contributed by atoms with Crippen molar-refractivity contribution in [3.05, 3.63) is 121 Å². The molecule has 8 nitrogen and oxygen atoms in total. The number of furan rings is 1. The standard InChI is InChI=1S/C33H22Br2N4O4/c1-2-41-27-16-23(29(34)30(35)31(27)42-19-22-11-4-3-10-21(22)17-36)18-37-39-32(28-15-20-9-5-8-14-26(20)43-28)38-25-13-7-6-12-24(25)33(39)40/h3-16,18H,2,19H2,1H3. The number of rotatable bonds is 8. The molecule has 10 heteroatoms. The fourth-order valence-corrected chi connectivity index (χ4v) is 5.54. The van der Waals surface area contributed by atoms with E-state index in [-0.39, 0.29) is 18.0 Å². The first kappa shape index (κ1) is 28.4. The third-order valence-electron chi connectivity index (χ3n) is 6.68. The number of hydrogen-bond donors (Lipinski definition) is 0. The van der Waals surface area contributed by atoms with E-state index < -0.39 is 0 Å². The predicted molar refractivity (Wildman–Crippen MR) is 173 cm³/mol. The van der Waals surface area contributed by atoms with E-state index in [1.165, 1.54) is 4.68 Å². The molecule has 43 heavy (non-hydrogen) atoms. The summed E-state index contributed by atoms with van der Waals surface area (Å²) in [6.45, 7) is 2.43. The Balaban J connectivity index is 1.43. The van der Waals surface area contributed by atoms with E-state index in [1.807, 2.05) is 61.5 Å². The predicted octanol–water partition coefficient (Wildman–Crippen LogP) is 8.07. The summed E-state index contributed by atoms with van der Waals surface area (Å²) < 4.78 is 20.6. The second kappa shape index (κ2) is 12.3. The highest BCUT2D eigenvalue weighted by atomic mass is 79.9. The zero-order valence-electron chi connectivity index (χ0n) is 22.8. The first-order chi connectivity index (χ1) is 21.0. The van der Waals surface area contributed by atoms with Gasteiger partial charge in [0.2, 0.25) is 5.82 Å². The minimum atomic E-state index is -0.339. The molecule has 4 aromatic carbocycles. The highest BCUT2D eigenvalue weighted by Crippen LogP contribution is 2.43. The van der Waals surface area contributed by atoms with E-state index in [0.29, 0.717) is 60.4 Å². The summed E-state index contributed by atoms with van der Waals surface area (Å²) in [5.41, 5.74) is 2.79. The smallest absolute Gasteiger partial charge is 0.282 e. The van der Waals surface area contributed by atoms with Gasteiger partial charge in [-0.05, 0) is 75.2 Å². The fraction of sp³-hybridized carbons (Fsp3) is 0.0909. The van der Waals surface area contributed by atoms with Gasteiger partial charge in [-0.1, -0.05) is 48.5 Å². The number of nitriles is 1. The lowest BCUT2D eigenvalue weighted by atomic mass is 10.1. The van der Waals surface area contributed by atoms with Gasteiger partial charge in [0, 0.05) is 21.0 Å². The molecule has 0 fully saturated rings. The van der Waals surface area contributed by atoms with Crippen molar-refractivity contribution in [3.63, 3.8) is 0 Å². The van der Waals surface area contributed by atoms with Gasteiger partial charge in [0.05, 0.1) is 39.8 Å². The normalized spacial score (nSPS) is 11.3. The maximum atomic E-state index is 13.7. The molecule has 0 aliphatic heterocycles. The Bertz CT molecular complexity index is 2100. The van der Waals surface area contributed by atoms with Crippen LogP contribution < -0.4 is 15.0 Å². The molecule has 6 aromatic rings. The maximum absolute atomic E-state index is 13.7. The first-order valence-corrected chi connectivity index (χ1v) is 14.9. The average molecular weight is 698 g/mol. The summed E-state index contributed by atoms with van der Waals surface area (Å²) in [5, 5.41) is 15.4. The fourth-order valence-electron chi connectivity index (χ4n) is 4.60. The molecule has 2 heterocycles.